The van der Waals surface area contributed by atoms with Gasteiger partial charge in [0, 0.05) is 5.39 Å². The van der Waals surface area contributed by atoms with Gasteiger partial charge in [0.2, 0.25) is 0 Å². The Morgan fingerprint density at radius 3 is 2.45 bits per heavy atom. The van der Waals surface area contributed by atoms with Crippen molar-refractivity contribution in [2.75, 3.05) is 0 Å². The molecule has 0 aliphatic carbocycles. The van der Waals surface area contributed by atoms with Crippen LogP contribution >= 0.6 is 0 Å². The van der Waals surface area contributed by atoms with Gasteiger partial charge in [0.1, 0.15) is 16.9 Å². The summed E-state index contributed by atoms with van der Waals surface area (Å²) in [6.45, 7) is 3.22. The lowest BCUT2D eigenvalue weighted by molar-refractivity contribution is -0.128. The minimum Gasteiger partial charge on any atom is -0.481 e. The summed E-state index contributed by atoms with van der Waals surface area (Å²) >= 11 is 0. The molecule has 0 saturated carbocycles. The van der Waals surface area contributed by atoms with Gasteiger partial charge in [-0.2, -0.15) is 0 Å². The molecule has 0 bridgehead atoms. The number of nitrogens with one attached hydrogen (secondary N) is 2. The number of carbonyl (C=O) groups is 2. The molecule has 4 aromatic rings. The summed E-state index contributed by atoms with van der Waals surface area (Å²) < 4.78 is 10.9. The van der Waals surface area contributed by atoms with Gasteiger partial charge >= 0.3 is 5.63 Å². The average Bonchev–Trinajstić information content (AvgIpc) is 2.77. The lowest BCUT2D eigenvalue weighted by atomic mass is 10.1. The van der Waals surface area contributed by atoms with Crippen LogP contribution in [-0.2, 0) is 4.79 Å². The molecule has 0 aliphatic heterocycles. The van der Waals surface area contributed by atoms with Crippen LogP contribution in [0.5, 0.6) is 5.75 Å². The Morgan fingerprint density at radius 2 is 1.65 bits per heavy atom. The van der Waals surface area contributed by atoms with Crippen LogP contribution < -0.4 is 21.2 Å². The summed E-state index contributed by atoms with van der Waals surface area (Å²) in [5.41, 5.74) is 4.48. The lowest BCUT2D eigenvalue weighted by Crippen LogP contribution is -2.48. The molecular formula is C24H20N2O5. The summed E-state index contributed by atoms with van der Waals surface area (Å²) in [5.74, 6) is -0.800. The van der Waals surface area contributed by atoms with Crippen LogP contribution in [0.4, 0.5) is 0 Å². The van der Waals surface area contributed by atoms with Crippen LogP contribution in [0.15, 0.2) is 75.9 Å². The van der Waals surface area contributed by atoms with Crippen molar-refractivity contribution in [1.82, 2.24) is 10.9 Å². The fraction of sp³-hybridized carbons (Fsp3) is 0.125. The molecule has 1 aromatic heterocycles. The van der Waals surface area contributed by atoms with Crippen molar-refractivity contribution >= 4 is 33.6 Å². The van der Waals surface area contributed by atoms with E-state index in [1.165, 1.54) is 0 Å². The van der Waals surface area contributed by atoms with Gasteiger partial charge in [-0.15, -0.1) is 0 Å². The lowest BCUT2D eigenvalue weighted by Gasteiger charge is -2.16. The topological polar surface area (TPSA) is 97.6 Å². The number of fused-ring (bicyclic) bond motifs is 2. The molecule has 0 unspecified atom stereocenters. The standard InChI is InChI=1S/C24H20N2O5/c1-14-19-9-5-6-10-20(19)31-24(29)21(14)23(28)26-25-22(27)15(2)30-18-12-11-16-7-3-4-8-17(16)13-18/h3-13,15H,1-2H3,(H,25,27)(H,26,28)/t15-/m0/s1. The number of hydrazine groups is 1. The van der Waals surface area contributed by atoms with Gasteiger partial charge in [-0.3, -0.25) is 20.4 Å². The SMILES string of the molecule is Cc1c(C(=O)NNC(=O)[C@H](C)Oc2ccc3ccccc3c2)c(=O)oc2ccccc12. The van der Waals surface area contributed by atoms with E-state index in [1.54, 1.807) is 44.2 Å². The molecule has 0 saturated heterocycles. The van der Waals surface area contributed by atoms with Crippen molar-refractivity contribution in [2.24, 2.45) is 0 Å². The smallest absolute Gasteiger partial charge is 0.349 e. The molecule has 0 radical (unpaired) electrons. The molecule has 1 heterocycles. The maximum Gasteiger partial charge on any atom is 0.349 e. The third-order valence-corrected chi connectivity index (χ3v) is 5.00. The zero-order chi connectivity index (χ0) is 22.0. The van der Waals surface area contributed by atoms with Gasteiger partial charge in [0.05, 0.1) is 0 Å². The summed E-state index contributed by atoms with van der Waals surface area (Å²) in [5, 5.41) is 2.69. The van der Waals surface area contributed by atoms with E-state index in [1.807, 2.05) is 36.4 Å². The Balaban J connectivity index is 1.43. The van der Waals surface area contributed by atoms with E-state index in [4.69, 9.17) is 9.15 Å². The highest BCUT2D eigenvalue weighted by atomic mass is 16.5. The molecule has 1 atom stereocenters. The molecule has 7 nitrogen and oxygen atoms in total. The van der Waals surface area contributed by atoms with Crippen molar-refractivity contribution in [3.8, 4) is 5.75 Å². The van der Waals surface area contributed by atoms with Crippen LogP contribution in [0.3, 0.4) is 0 Å². The predicted octanol–water partition coefficient (Wildman–Crippen LogP) is 3.48. The second-order valence-electron chi connectivity index (χ2n) is 7.10. The Morgan fingerprint density at radius 1 is 0.935 bits per heavy atom. The van der Waals surface area contributed by atoms with Crippen molar-refractivity contribution in [3.05, 3.63) is 88.3 Å². The molecule has 31 heavy (non-hydrogen) atoms. The van der Waals surface area contributed by atoms with E-state index < -0.39 is 23.5 Å². The average molecular weight is 416 g/mol. The van der Waals surface area contributed by atoms with Gasteiger partial charge in [-0.1, -0.05) is 48.5 Å². The normalized spacial score (nSPS) is 11.8. The van der Waals surface area contributed by atoms with Crippen LogP contribution in [0.1, 0.15) is 22.8 Å². The number of para-hydroxylation sites is 1. The number of hydrogen-bond donors (Lipinski definition) is 2. The maximum absolute atomic E-state index is 12.5. The Hall–Kier alpha value is -4.13. The summed E-state index contributed by atoms with van der Waals surface area (Å²) in [7, 11) is 0. The molecule has 3 aromatic carbocycles. The molecule has 0 spiro atoms. The van der Waals surface area contributed by atoms with Crippen LogP contribution in [-0.4, -0.2) is 17.9 Å². The highest BCUT2D eigenvalue weighted by Crippen LogP contribution is 2.21. The first kappa shape index (κ1) is 20.2. The number of hydrogen-bond acceptors (Lipinski definition) is 5. The van der Waals surface area contributed by atoms with Gasteiger partial charge in [-0.05, 0) is 48.4 Å². The third kappa shape index (κ3) is 4.11. The second kappa shape index (κ2) is 8.31. The molecule has 156 valence electrons. The molecule has 2 N–H and O–H groups in total. The first-order chi connectivity index (χ1) is 14.9. The molecule has 7 heteroatoms. The zero-order valence-electron chi connectivity index (χ0n) is 17.0. The number of benzene rings is 3. The van der Waals surface area contributed by atoms with Crippen LogP contribution in [0.2, 0.25) is 0 Å². The number of ether oxygens (including phenoxy) is 1. The summed E-state index contributed by atoms with van der Waals surface area (Å²) in [6.07, 6.45) is -0.879. The first-order valence-corrected chi connectivity index (χ1v) is 9.72. The van der Waals surface area contributed by atoms with Crippen molar-refractivity contribution in [3.63, 3.8) is 0 Å². The van der Waals surface area contributed by atoms with Crippen molar-refractivity contribution in [1.29, 1.82) is 0 Å². The van der Waals surface area contributed by atoms with E-state index in [2.05, 4.69) is 10.9 Å². The van der Waals surface area contributed by atoms with Crippen molar-refractivity contribution < 1.29 is 18.7 Å². The minimum absolute atomic E-state index is 0.165. The maximum atomic E-state index is 12.5. The van der Waals surface area contributed by atoms with Gasteiger partial charge in [-0.25, -0.2) is 4.79 Å². The van der Waals surface area contributed by atoms with Gasteiger partial charge in [0.25, 0.3) is 11.8 Å². The molecular weight excluding hydrogens is 396 g/mol. The minimum atomic E-state index is -0.879. The van der Waals surface area contributed by atoms with E-state index in [0.717, 1.165) is 10.8 Å². The Kier molecular flexibility index (Phi) is 5.41. The number of aryl methyl sites for hydroxylation is 1. The van der Waals surface area contributed by atoms with Crippen LogP contribution in [0, 0.1) is 6.92 Å². The van der Waals surface area contributed by atoms with E-state index in [-0.39, 0.29) is 5.56 Å². The summed E-state index contributed by atoms with van der Waals surface area (Å²) in [6, 6.07) is 20.2. The molecule has 0 fully saturated rings. The van der Waals surface area contributed by atoms with Crippen molar-refractivity contribution in [2.45, 2.75) is 20.0 Å². The molecule has 2 amide bonds. The van der Waals surface area contributed by atoms with E-state index >= 15 is 0 Å². The number of rotatable bonds is 4. The Labute approximate surface area is 177 Å². The van der Waals surface area contributed by atoms with E-state index in [9.17, 15) is 14.4 Å². The highest BCUT2D eigenvalue weighted by Gasteiger charge is 2.21. The quantitative estimate of drug-likeness (QED) is 0.392. The fourth-order valence-electron chi connectivity index (χ4n) is 3.35. The zero-order valence-corrected chi connectivity index (χ0v) is 17.0. The first-order valence-electron chi connectivity index (χ1n) is 9.72. The largest absolute Gasteiger partial charge is 0.481 e. The highest BCUT2D eigenvalue weighted by molar-refractivity contribution is 6.00. The monoisotopic (exact) mass is 416 g/mol. The third-order valence-electron chi connectivity index (χ3n) is 5.00. The summed E-state index contributed by atoms with van der Waals surface area (Å²) in [4.78, 5) is 37.2. The van der Waals surface area contributed by atoms with E-state index in [0.29, 0.717) is 22.3 Å². The number of carbonyl (C=O) groups excluding carboxylic acids is 2. The number of amides is 2. The van der Waals surface area contributed by atoms with Gasteiger partial charge < -0.3 is 9.15 Å². The predicted molar refractivity (Wildman–Crippen MR) is 117 cm³/mol. The molecule has 0 aliphatic rings. The Bertz CT molecular complexity index is 1360. The van der Waals surface area contributed by atoms with Crippen LogP contribution in [0.25, 0.3) is 21.7 Å². The fourth-order valence-corrected chi connectivity index (χ4v) is 3.35. The second-order valence-corrected chi connectivity index (χ2v) is 7.10. The molecule has 4 rings (SSSR count). The van der Waals surface area contributed by atoms with Gasteiger partial charge in [0.15, 0.2) is 6.10 Å².